The van der Waals surface area contributed by atoms with Crippen molar-refractivity contribution in [3.63, 3.8) is 0 Å². The van der Waals surface area contributed by atoms with Gasteiger partial charge in [-0.05, 0) is 18.4 Å². The molecule has 1 aliphatic rings. The fourth-order valence-corrected chi connectivity index (χ4v) is 3.98. The number of ether oxygens (including phenoxy) is 1. The summed E-state index contributed by atoms with van der Waals surface area (Å²) >= 11 is 0. The first-order valence-electron chi connectivity index (χ1n) is 6.42. The van der Waals surface area contributed by atoms with Crippen LogP contribution in [-0.2, 0) is 16.4 Å². The number of aromatic nitrogens is 1. The number of rotatable bonds is 5. The van der Waals surface area contributed by atoms with Crippen LogP contribution >= 0.6 is 0 Å². The Morgan fingerprint density at radius 2 is 2.21 bits per heavy atom. The Labute approximate surface area is 114 Å². The van der Waals surface area contributed by atoms with Crippen LogP contribution in [0.4, 0.5) is 0 Å². The Morgan fingerprint density at radius 1 is 1.42 bits per heavy atom. The van der Waals surface area contributed by atoms with Crippen molar-refractivity contribution < 1.29 is 13.2 Å². The highest BCUT2D eigenvalue weighted by Gasteiger charge is 2.34. The van der Waals surface area contributed by atoms with Crippen molar-refractivity contribution in [1.82, 2.24) is 10.3 Å². The SMILES string of the molecule is COc1ccc(CNC2CCCC2S(C)(=O)=O)cn1. The van der Waals surface area contributed by atoms with E-state index in [0.29, 0.717) is 12.4 Å². The normalized spacial score (nSPS) is 23.5. The van der Waals surface area contributed by atoms with E-state index in [0.717, 1.165) is 24.8 Å². The highest BCUT2D eigenvalue weighted by atomic mass is 32.2. The van der Waals surface area contributed by atoms with Crippen molar-refractivity contribution >= 4 is 9.84 Å². The van der Waals surface area contributed by atoms with E-state index in [9.17, 15) is 8.42 Å². The molecule has 0 saturated heterocycles. The van der Waals surface area contributed by atoms with Gasteiger partial charge < -0.3 is 10.1 Å². The molecule has 0 aromatic carbocycles. The van der Waals surface area contributed by atoms with E-state index >= 15 is 0 Å². The summed E-state index contributed by atoms with van der Waals surface area (Å²) < 4.78 is 28.3. The van der Waals surface area contributed by atoms with Gasteiger partial charge in [-0.2, -0.15) is 0 Å². The smallest absolute Gasteiger partial charge is 0.212 e. The minimum absolute atomic E-state index is 0.0529. The minimum atomic E-state index is -2.96. The average molecular weight is 284 g/mol. The molecule has 1 aromatic heterocycles. The Bertz CT molecular complexity index is 513. The predicted molar refractivity (Wildman–Crippen MR) is 73.9 cm³/mol. The van der Waals surface area contributed by atoms with Gasteiger partial charge in [-0.15, -0.1) is 0 Å². The van der Waals surface area contributed by atoms with Crippen molar-refractivity contribution in [3.8, 4) is 5.88 Å². The van der Waals surface area contributed by atoms with E-state index in [2.05, 4.69) is 10.3 Å². The number of hydrogen-bond acceptors (Lipinski definition) is 5. The molecule has 0 radical (unpaired) electrons. The second kappa shape index (κ2) is 5.88. The molecule has 2 atom stereocenters. The molecule has 1 heterocycles. The number of nitrogens with one attached hydrogen (secondary N) is 1. The first kappa shape index (κ1) is 14.3. The van der Waals surface area contributed by atoms with Crippen LogP contribution in [-0.4, -0.2) is 38.1 Å². The summed E-state index contributed by atoms with van der Waals surface area (Å²) in [5, 5.41) is 3.08. The van der Waals surface area contributed by atoms with Crippen LogP contribution in [0.15, 0.2) is 18.3 Å². The van der Waals surface area contributed by atoms with E-state index in [1.165, 1.54) is 6.26 Å². The minimum Gasteiger partial charge on any atom is -0.481 e. The van der Waals surface area contributed by atoms with Gasteiger partial charge in [-0.3, -0.25) is 0 Å². The zero-order valence-electron chi connectivity index (χ0n) is 11.3. The molecule has 1 aliphatic carbocycles. The summed E-state index contributed by atoms with van der Waals surface area (Å²) in [7, 11) is -1.39. The summed E-state index contributed by atoms with van der Waals surface area (Å²) in [5.74, 6) is 0.582. The lowest BCUT2D eigenvalue weighted by Crippen LogP contribution is -2.39. The van der Waals surface area contributed by atoms with Crippen molar-refractivity contribution in [1.29, 1.82) is 0 Å². The molecule has 5 nitrogen and oxygen atoms in total. The van der Waals surface area contributed by atoms with Crippen LogP contribution < -0.4 is 10.1 Å². The molecule has 0 spiro atoms. The summed E-state index contributed by atoms with van der Waals surface area (Å²) in [6.45, 7) is 0.633. The lowest BCUT2D eigenvalue weighted by atomic mass is 10.2. The van der Waals surface area contributed by atoms with Crippen LogP contribution in [0.2, 0.25) is 0 Å². The molecule has 6 heteroatoms. The topological polar surface area (TPSA) is 68.3 Å². The fraction of sp³-hybridized carbons (Fsp3) is 0.615. The van der Waals surface area contributed by atoms with Gasteiger partial charge in [-0.1, -0.05) is 12.5 Å². The molecule has 0 amide bonds. The molecular weight excluding hydrogens is 264 g/mol. The second-order valence-corrected chi connectivity index (χ2v) is 7.26. The van der Waals surface area contributed by atoms with Crippen molar-refractivity contribution in [2.24, 2.45) is 0 Å². The number of nitrogens with zero attached hydrogens (tertiary/aromatic N) is 1. The molecule has 1 N–H and O–H groups in total. The Balaban J connectivity index is 1.94. The maximum absolute atomic E-state index is 11.7. The van der Waals surface area contributed by atoms with E-state index in [-0.39, 0.29) is 11.3 Å². The van der Waals surface area contributed by atoms with Gasteiger partial charge in [0.1, 0.15) is 0 Å². The summed E-state index contributed by atoms with van der Waals surface area (Å²) in [5.41, 5.74) is 1.03. The largest absolute Gasteiger partial charge is 0.481 e. The van der Waals surface area contributed by atoms with Gasteiger partial charge in [0.25, 0.3) is 0 Å². The molecule has 1 saturated carbocycles. The van der Waals surface area contributed by atoms with Crippen LogP contribution in [0.25, 0.3) is 0 Å². The Hall–Kier alpha value is -1.14. The van der Waals surface area contributed by atoms with Crippen LogP contribution in [0, 0.1) is 0 Å². The zero-order valence-corrected chi connectivity index (χ0v) is 12.1. The maximum Gasteiger partial charge on any atom is 0.212 e. The number of methoxy groups -OCH3 is 1. The van der Waals surface area contributed by atoms with E-state index in [4.69, 9.17) is 4.74 Å². The molecular formula is C13H20N2O3S. The van der Waals surface area contributed by atoms with Gasteiger partial charge in [0.2, 0.25) is 5.88 Å². The average Bonchev–Trinajstić information content (AvgIpc) is 2.85. The van der Waals surface area contributed by atoms with E-state index in [1.807, 2.05) is 6.07 Å². The number of pyridine rings is 1. The fourth-order valence-electron chi connectivity index (χ4n) is 2.56. The first-order chi connectivity index (χ1) is 9.00. The third kappa shape index (κ3) is 3.67. The molecule has 1 aromatic rings. The van der Waals surface area contributed by atoms with Crippen LogP contribution in [0.5, 0.6) is 5.88 Å². The molecule has 0 bridgehead atoms. The highest BCUT2D eigenvalue weighted by molar-refractivity contribution is 7.91. The lowest BCUT2D eigenvalue weighted by molar-refractivity contribution is 0.397. The van der Waals surface area contributed by atoms with Crippen molar-refractivity contribution in [2.45, 2.75) is 37.1 Å². The third-order valence-corrected chi connectivity index (χ3v) is 5.24. The Morgan fingerprint density at radius 3 is 2.79 bits per heavy atom. The van der Waals surface area contributed by atoms with Crippen LogP contribution in [0.1, 0.15) is 24.8 Å². The van der Waals surface area contributed by atoms with Gasteiger partial charge in [-0.25, -0.2) is 13.4 Å². The van der Waals surface area contributed by atoms with Gasteiger partial charge >= 0.3 is 0 Å². The van der Waals surface area contributed by atoms with Gasteiger partial charge in [0, 0.05) is 31.1 Å². The molecule has 106 valence electrons. The van der Waals surface area contributed by atoms with Gasteiger partial charge in [0.15, 0.2) is 9.84 Å². The monoisotopic (exact) mass is 284 g/mol. The van der Waals surface area contributed by atoms with E-state index < -0.39 is 9.84 Å². The highest BCUT2D eigenvalue weighted by Crippen LogP contribution is 2.25. The molecule has 0 aliphatic heterocycles. The molecule has 1 fully saturated rings. The summed E-state index contributed by atoms with van der Waals surface area (Å²) in [4.78, 5) is 4.13. The molecule has 19 heavy (non-hydrogen) atoms. The van der Waals surface area contributed by atoms with Gasteiger partial charge in [0.05, 0.1) is 12.4 Å². The van der Waals surface area contributed by atoms with Crippen molar-refractivity contribution in [3.05, 3.63) is 23.9 Å². The van der Waals surface area contributed by atoms with Crippen LogP contribution in [0.3, 0.4) is 0 Å². The molecule has 2 rings (SSSR count). The summed E-state index contributed by atoms with van der Waals surface area (Å²) in [6, 6.07) is 3.79. The predicted octanol–water partition coefficient (Wildman–Crippen LogP) is 1.15. The van der Waals surface area contributed by atoms with Crippen molar-refractivity contribution in [2.75, 3.05) is 13.4 Å². The lowest BCUT2D eigenvalue weighted by Gasteiger charge is -2.19. The van der Waals surface area contributed by atoms with E-state index in [1.54, 1.807) is 19.4 Å². The quantitative estimate of drug-likeness (QED) is 0.878. The zero-order chi connectivity index (χ0) is 13.9. The number of sulfone groups is 1. The number of hydrogen-bond donors (Lipinski definition) is 1. The standard InChI is InChI=1S/C13H20N2O3S/c1-18-13-7-6-10(9-15-13)8-14-11-4-3-5-12(11)19(2,16)17/h6-7,9,11-12,14H,3-5,8H2,1-2H3. The summed E-state index contributed by atoms with van der Waals surface area (Å²) in [6.07, 6.45) is 5.72. The third-order valence-electron chi connectivity index (χ3n) is 3.58. The Kier molecular flexibility index (Phi) is 4.42. The molecule has 2 unspecified atom stereocenters. The first-order valence-corrected chi connectivity index (χ1v) is 8.37. The maximum atomic E-state index is 11.7. The second-order valence-electron chi connectivity index (χ2n) is 5.00.